The molecule has 4 N–H and O–H groups in total. The molecule has 7 nitrogen and oxygen atoms in total. The van der Waals surface area contributed by atoms with Gasteiger partial charge in [-0.25, -0.2) is 15.4 Å². The van der Waals surface area contributed by atoms with E-state index >= 15 is 0 Å². The Morgan fingerprint density at radius 1 is 1.38 bits per heavy atom. The van der Waals surface area contributed by atoms with E-state index in [0.717, 1.165) is 29.8 Å². The third kappa shape index (κ3) is 2.65. The fraction of sp³-hybridized carbons (Fsp3) is 0.357. The molecule has 0 spiro atoms. The van der Waals surface area contributed by atoms with Gasteiger partial charge >= 0.3 is 0 Å². The molecule has 1 aromatic carbocycles. The number of rotatable bonds is 6. The summed E-state index contributed by atoms with van der Waals surface area (Å²) in [6.45, 7) is 3.09. The van der Waals surface area contributed by atoms with Crippen LogP contribution in [0.25, 0.3) is 11.0 Å². The van der Waals surface area contributed by atoms with E-state index in [1.807, 2.05) is 18.2 Å². The second-order valence-corrected chi connectivity index (χ2v) is 4.96. The van der Waals surface area contributed by atoms with Crippen molar-refractivity contribution in [2.24, 2.45) is 5.84 Å². The molecule has 3 aromatic rings. The monoisotopic (exact) mass is 285 g/mol. The van der Waals surface area contributed by atoms with Crippen LogP contribution < -0.4 is 11.3 Å². The SMILES string of the molecule is CCCn1c(CC(NN)c2ncn[nH]2)nc2ccccc21. The zero-order valence-corrected chi connectivity index (χ0v) is 12.0. The molecular weight excluding hydrogens is 266 g/mol. The Bertz CT molecular complexity index is 701. The third-order valence-corrected chi connectivity index (χ3v) is 3.53. The molecule has 0 bridgehead atoms. The number of aromatic nitrogens is 5. The van der Waals surface area contributed by atoms with Crippen molar-refractivity contribution in [1.29, 1.82) is 0 Å². The summed E-state index contributed by atoms with van der Waals surface area (Å²) in [5.41, 5.74) is 4.94. The van der Waals surface area contributed by atoms with Crippen LogP contribution in [-0.4, -0.2) is 24.7 Å². The molecule has 0 aliphatic heterocycles. The van der Waals surface area contributed by atoms with Crippen molar-refractivity contribution in [3.05, 3.63) is 42.2 Å². The fourth-order valence-electron chi connectivity index (χ4n) is 2.55. The highest BCUT2D eigenvalue weighted by Gasteiger charge is 2.18. The smallest absolute Gasteiger partial charge is 0.143 e. The van der Waals surface area contributed by atoms with E-state index in [1.165, 1.54) is 6.33 Å². The summed E-state index contributed by atoms with van der Waals surface area (Å²) in [7, 11) is 0. The van der Waals surface area contributed by atoms with Crippen molar-refractivity contribution in [2.75, 3.05) is 0 Å². The minimum atomic E-state index is -0.139. The highest BCUT2D eigenvalue weighted by atomic mass is 15.3. The Hall–Kier alpha value is -2.25. The Labute approximate surface area is 122 Å². The van der Waals surface area contributed by atoms with Gasteiger partial charge in [0.05, 0.1) is 17.1 Å². The number of hydrazine groups is 1. The Kier molecular flexibility index (Phi) is 3.94. The van der Waals surface area contributed by atoms with Crippen LogP contribution in [-0.2, 0) is 13.0 Å². The molecular formula is C14H19N7. The number of hydrogen-bond acceptors (Lipinski definition) is 5. The lowest BCUT2D eigenvalue weighted by Gasteiger charge is -2.14. The fourth-order valence-corrected chi connectivity index (χ4v) is 2.55. The maximum absolute atomic E-state index is 5.66. The van der Waals surface area contributed by atoms with Crippen LogP contribution in [0.4, 0.5) is 0 Å². The maximum Gasteiger partial charge on any atom is 0.143 e. The van der Waals surface area contributed by atoms with Crippen molar-refractivity contribution >= 4 is 11.0 Å². The molecule has 0 aliphatic rings. The average Bonchev–Trinajstić information content (AvgIpc) is 3.14. The van der Waals surface area contributed by atoms with Gasteiger partial charge in [-0.1, -0.05) is 19.1 Å². The van der Waals surface area contributed by atoms with Crippen molar-refractivity contribution in [3.8, 4) is 0 Å². The molecule has 0 radical (unpaired) electrons. The number of nitrogens with two attached hydrogens (primary N) is 1. The summed E-state index contributed by atoms with van der Waals surface area (Å²) < 4.78 is 2.25. The summed E-state index contributed by atoms with van der Waals surface area (Å²) >= 11 is 0. The van der Waals surface area contributed by atoms with Crippen LogP contribution in [0.2, 0.25) is 0 Å². The minimum absolute atomic E-state index is 0.139. The molecule has 0 aliphatic carbocycles. The number of aryl methyl sites for hydroxylation is 1. The van der Waals surface area contributed by atoms with Gasteiger partial charge in [0.25, 0.3) is 0 Å². The molecule has 2 aromatic heterocycles. The van der Waals surface area contributed by atoms with E-state index < -0.39 is 0 Å². The highest BCUT2D eigenvalue weighted by molar-refractivity contribution is 5.75. The average molecular weight is 285 g/mol. The first-order valence-electron chi connectivity index (χ1n) is 7.09. The lowest BCUT2D eigenvalue weighted by Crippen LogP contribution is -2.31. The van der Waals surface area contributed by atoms with Gasteiger partial charge in [-0.3, -0.25) is 10.9 Å². The second kappa shape index (κ2) is 6.02. The zero-order valence-electron chi connectivity index (χ0n) is 12.0. The molecule has 7 heteroatoms. The quantitative estimate of drug-likeness (QED) is 0.468. The van der Waals surface area contributed by atoms with Gasteiger partial charge in [-0.2, -0.15) is 5.10 Å². The number of fused-ring (bicyclic) bond motifs is 1. The van der Waals surface area contributed by atoms with Gasteiger partial charge in [0.1, 0.15) is 18.0 Å². The Morgan fingerprint density at radius 2 is 2.24 bits per heavy atom. The third-order valence-electron chi connectivity index (χ3n) is 3.53. The molecule has 1 atom stereocenters. The van der Waals surface area contributed by atoms with Crippen molar-refractivity contribution in [3.63, 3.8) is 0 Å². The van der Waals surface area contributed by atoms with Gasteiger partial charge in [-0.15, -0.1) is 0 Å². The largest absolute Gasteiger partial charge is 0.328 e. The van der Waals surface area contributed by atoms with Crippen molar-refractivity contribution in [1.82, 2.24) is 30.2 Å². The number of para-hydroxylation sites is 2. The van der Waals surface area contributed by atoms with Crippen LogP contribution in [0.5, 0.6) is 0 Å². The molecule has 110 valence electrons. The molecule has 1 unspecified atom stereocenters. The van der Waals surface area contributed by atoms with Crippen LogP contribution in [0, 0.1) is 0 Å². The van der Waals surface area contributed by atoms with Gasteiger partial charge in [-0.05, 0) is 18.6 Å². The Balaban J connectivity index is 1.97. The lowest BCUT2D eigenvalue weighted by molar-refractivity contribution is 0.499. The first kappa shape index (κ1) is 13.7. The molecule has 21 heavy (non-hydrogen) atoms. The number of nitrogens with zero attached hydrogens (tertiary/aromatic N) is 4. The van der Waals surface area contributed by atoms with Crippen LogP contribution in [0.3, 0.4) is 0 Å². The molecule has 2 heterocycles. The predicted octanol–water partition coefficient (Wildman–Crippen LogP) is 1.31. The van der Waals surface area contributed by atoms with Gasteiger partial charge in [0, 0.05) is 13.0 Å². The number of nitrogens with one attached hydrogen (secondary N) is 2. The molecule has 0 saturated heterocycles. The normalized spacial score (nSPS) is 12.9. The minimum Gasteiger partial charge on any atom is -0.328 e. The number of imidazole rings is 1. The first-order chi connectivity index (χ1) is 10.3. The van der Waals surface area contributed by atoms with E-state index in [1.54, 1.807) is 0 Å². The maximum atomic E-state index is 5.66. The first-order valence-corrected chi connectivity index (χ1v) is 7.09. The standard InChI is InChI=1S/C14H19N7/c1-2-7-21-12-6-4-3-5-10(12)18-13(21)8-11(19-15)14-16-9-17-20-14/h3-6,9,11,19H,2,7-8,15H2,1H3,(H,16,17,20). The summed E-state index contributed by atoms with van der Waals surface area (Å²) in [6, 6.07) is 8.03. The zero-order chi connectivity index (χ0) is 14.7. The Morgan fingerprint density at radius 3 is 2.95 bits per heavy atom. The van der Waals surface area contributed by atoms with E-state index in [-0.39, 0.29) is 6.04 Å². The second-order valence-electron chi connectivity index (χ2n) is 4.96. The summed E-state index contributed by atoms with van der Waals surface area (Å²) in [5, 5.41) is 6.73. The van der Waals surface area contributed by atoms with E-state index in [2.05, 4.69) is 38.2 Å². The van der Waals surface area contributed by atoms with Gasteiger partial charge in [0.2, 0.25) is 0 Å². The summed E-state index contributed by atoms with van der Waals surface area (Å²) in [5.74, 6) is 7.37. The number of H-pyrrole nitrogens is 1. The van der Waals surface area contributed by atoms with E-state index in [4.69, 9.17) is 10.8 Å². The molecule has 0 amide bonds. The van der Waals surface area contributed by atoms with Crippen LogP contribution in [0.15, 0.2) is 30.6 Å². The topological polar surface area (TPSA) is 97.4 Å². The number of hydrogen-bond donors (Lipinski definition) is 3. The summed E-state index contributed by atoms with van der Waals surface area (Å²) in [6.07, 6.45) is 3.19. The number of benzene rings is 1. The predicted molar refractivity (Wildman–Crippen MR) is 80.2 cm³/mol. The van der Waals surface area contributed by atoms with E-state index in [9.17, 15) is 0 Å². The lowest BCUT2D eigenvalue weighted by atomic mass is 10.2. The van der Waals surface area contributed by atoms with Crippen LogP contribution >= 0.6 is 0 Å². The molecule has 3 rings (SSSR count). The van der Waals surface area contributed by atoms with Crippen LogP contribution in [0.1, 0.15) is 31.0 Å². The summed E-state index contributed by atoms with van der Waals surface area (Å²) in [4.78, 5) is 8.90. The van der Waals surface area contributed by atoms with Gasteiger partial charge < -0.3 is 4.57 Å². The van der Waals surface area contributed by atoms with E-state index in [0.29, 0.717) is 12.2 Å². The highest BCUT2D eigenvalue weighted by Crippen LogP contribution is 2.20. The molecule has 0 saturated carbocycles. The number of aromatic amines is 1. The molecule has 0 fully saturated rings. The van der Waals surface area contributed by atoms with Crippen molar-refractivity contribution < 1.29 is 0 Å². The van der Waals surface area contributed by atoms with Gasteiger partial charge in [0.15, 0.2) is 0 Å². The van der Waals surface area contributed by atoms with Crippen molar-refractivity contribution in [2.45, 2.75) is 32.4 Å².